The Morgan fingerprint density at radius 1 is 1.17 bits per heavy atom. The molecule has 1 aliphatic heterocycles. The van der Waals surface area contributed by atoms with Gasteiger partial charge in [-0.15, -0.1) is 0 Å². The van der Waals surface area contributed by atoms with Crippen LogP contribution in [0.2, 0.25) is 0 Å². The Labute approximate surface area is 136 Å². The van der Waals surface area contributed by atoms with Gasteiger partial charge in [0.25, 0.3) is 0 Å². The molecule has 1 aromatic carbocycles. The van der Waals surface area contributed by atoms with Crippen molar-refractivity contribution in [3.63, 3.8) is 0 Å². The summed E-state index contributed by atoms with van der Waals surface area (Å²) in [6.07, 6.45) is 4.38. The van der Waals surface area contributed by atoms with Crippen LogP contribution in [0, 0.1) is 5.92 Å². The van der Waals surface area contributed by atoms with E-state index >= 15 is 0 Å². The number of hydrogen-bond donors (Lipinski definition) is 2. The van der Waals surface area contributed by atoms with Crippen LogP contribution in [0.15, 0.2) is 24.3 Å². The van der Waals surface area contributed by atoms with Crippen molar-refractivity contribution in [2.24, 2.45) is 5.92 Å². The fraction of sp³-hybridized carbons (Fsp3) is 0.556. The summed E-state index contributed by atoms with van der Waals surface area (Å²) in [6.45, 7) is 1.75. The molecule has 0 saturated carbocycles. The summed E-state index contributed by atoms with van der Waals surface area (Å²) in [5.74, 6) is -0.497. The number of urea groups is 1. The second kappa shape index (κ2) is 7.02. The Bertz CT molecular complexity index is 579. The number of amides is 2. The zero-order chi connectivity index (χ0) is 16.2. The maximum absolute atomic E-state index is 12.2. The number of aryl methyl sites for hydroxylation is 1. The van der Waals surface area contributed by atoms with Crippen LogP contribution in [-0.2, 0) is 11.2 Å². The van der Waals surface area contributed by atoms with E-state index < -0.39 is 5.97 Å². The second-order valence-electron chi connectivity index (χ2n) is 6.55. The van der Waals surface area contributed by atoms with Crippen molar-refractivity contribution < 1.29 is 14.7 Å². The van der Waals surface area contributed by atoms with Gasteiger partial charge in [0, 0.05) is 19.6 Å². The summed E-state index contributed by atoms with van der Waals surface area (Å²) in [6, 6.07) is 8.51. The highest BCUT2D eigenvalue weighted by molar-refractivity contribution is 5.75. The van der Waals surface area contributed by atoms with E-state index in [0.29, 0.717) is 38.4 Å². The first-order valence-electron chi connectivity index (χ1n) is 8.48. The first kappa shape index (κ1) is 15.8. The Hall–Kier alpha value is -2.04. The molecule has 1 aliphatic carbocycles. The van der Waals surface area contributed by atoms with E-state index in [-0.39, 0.29) is 11.9 Å². The Morgan fingerprint density at radius 2 is 1.91 bits per heavy atom. The molecule has 23 heavy (non-hydrogen) atoms. The molecule has 1 atom stereocenters. The molecule has 2 amide bonds. The van der Waals surface area contributed by atoms with Crippen molar-refractivity contribution in [3.8, 4) is 0 Å². The summed E-state index contributed by atoms with van der Waals surface area (Å²) in [5, 5.41) is 12.0. The Balaban J connectivity index is 1.41. The van der Waals surface area contributed by atoms with Crippen LogP contribution in [0.1, 0.15) is 42.7 Å². The summed E-state index contributed by atoms with van der Waals surface area (Å²) >= 11 is 0. The molecule has 1 saturated heterocycles. The molecule has 2 aliphatic rings. The fourth-order valence-electron chi connectivity index (χ4n) is 3.74. The normalized spacial score (nSPS) is 21.0. The lowest BCUT2D eigenvalue weighted by Gasteiger charge is -2.30. The predicted molar refractivity (Wildman–Crippen MR) is 87.5 cm³/mol. The van der Waals surface area contributed by atoms with Crippen LogP contribution in [-0.4, -0.2) is 41.6 Å². The van der Waals surface area contributed by atoms with Gasteiger partial charge in [-0.25, -0.2) is 4.79 Å². The van der Waals surface area contributed by atoms with E-state index in [1.165, 1.54) is 17.5 Å². The third-order valence-electron chi connectivity index (χ3n) is 5.16. The number of fused-ring (bicyclic) bond motifs is 1. The molecule has 2 N–H and O–H groups in total. The highest BCUT2D eigenvalue weighted by Gasteiger charge is 2.27. The fourth-order valence-corrected chi connectivity index (χ4v) is 3.74. The minimum Gasteiger partial charge on any atom is -0.481 e. The first-order chi connectivity index (χ1) is 11.1. The SMILES string of the molecule is O=C(O)C1CCN(C(=O)NCCC2CCc3ccccc32)CC1. The van der Waals surface area contributed by atoms with Crippen molar-refractivity contribution >= 4 is 12.0 Å². The second-order valence-corrected chi connectivity index (χ2v) is 6.55. The molecule has 3 rings (SSSR count). The monoisotopic (exact) mass is 316 g/mol. The summed E-state index contributed by atoms with van der Waals surface area (Å²) in [7, 11) is 0. The van der Waals surface area contributed by atoms with E-state index in [9.17, 15) is 9.59 Å². The number of likely N-dealkylation sites (tertiary alicyclic amines) is 1. The first-order valence-corrected chi connectivity index (χ1v) is 8.48. The highest BCUT2D eigenvalue weighted by atomic mass is 16.4. The van der Waals surface area contributed by atoms with E-state index in [1.807, 2.05) is 0 Å². The number of carboxylic acid groups (broad SMARTS) is 1. The third kappa shape index (κ3) is 3.66. The topological polar surface area (TPSA) is 69.6 Å². The van der Waals surface area contributed by atoms with E-state index in [2.05, 4.69) is 29.6 Å². The number of nitrogens with zero attached hydrogens (tertiary/aromatic N) is 1. The maximum atomic E-state index is 12.2. The number of benzene rings is 1. The molecule has 1 heterocycles. The van der Waals surface area contributed by atoms with Gasteiger partial charge in [0.05, 0.1) is 5.92 Å². The molecule has 0 bridgehead atoms. The van der Waals surface area contributed by atoms with Gasteiger partial charge in [-0.05, 0) is 49.1 Å². The number of hydrogen-bond acceptors (Lipinski definition) is 2. The predicted octanol–water partition coefficient (Wildman–Crippen LogP) is 2.61. The summed E-state index contributed by atoms with van der Waals surface area (Å²) < 4.78 is 0. The van der Waals surface area contributed by atoms with Gasteiger partial charge < -0.3 is 15.3 Å². The van der Waals surface area contributed by atoms with Crippen LogP contribution in [0.3, 0.4) is 0 Å². The molecule has 5 heteroatoms. The molecule has 124 valence electrons. The number of carboxylic acids is 1. The number of carbonyl (C=O) groups is 2. The lowest BCUT2D eigenvalue weighted by atomic mass is 9.97. The van der Waals surface area contributed by atoms with Gasteiger partial charge in [-0.1, -0.05) is 24.3 Å². The van der Waals surface area contributed by atoms with Gasteiger partial charge in [0.15, 0.2) is 0 Å². The molecule has 5 nitrogen and oxygen atoms in total. The van der Waals surface area contributed by atoms with E-state index in [4.69, 9.17) is 5.11 Å². The van der Waals surface area contributed by atoms with Crippen molar-refractivity contribution in [2.75, 3.05) is 19.6 Å². The molecule has 1 fully saturated rings. The smallest absolute Gasteiger partial charge is 0.317 e. The van der Waals surface area contributed by atoms with Gasteiger partial charge in [0.1, 0.15) is 0 Å². The number of rotatable bonds is 4. The number of carbonyl (C=O) groups excluding carboxylic acids is 1. The van der Waals surface area contributed by atoms with E-state index in [1.54, 1.807) is 4.90 Å². The lowest BCUT2D eigenvalue weighted by Crippen LogP contribution is -2.45. The molecule has 0 aromatic heterocycles. The van der Waals surface area contributed by atoms with Gasteiger partial charge in [0.2, 0.25) is 0 Å². The third-order valence-corrected chi connectivity index (χ3v) is 5.16. The Morgan fingerprint density at radius 3 is 2.65 bits per heavy atom. The van der Waals surface area contributed by atoms with E-state index in [0.717, 1.165) is 12.8 Å². The highest BCUT2D eigenvalue weighted by Crippen LogP contribution is 2.34. The number of piperidine rings is 1. The van der Waals surface area contributed by atoms with Gasteiger partial charge >= 0.3 is 12.0 Å². The van der Waals surface area contributed by atoms with Gasteiger partial charge in [-0.3, -0.25) is 4.79 Å². The molecular weight excluding hydrogens is 292 g/mol. The molecular formula is C18H24N2O3. The zero-order valence-corrected chi connectivity index (χ0v) is 13.3. The summed E-state index contributed by atoms with van der Waals surface area (Å²) in [4.78, 5) is 24.8. The van der Waals surface area contributed by atoms with Crippen molar-refractivity contribution in [1.82, 2.24) is 10.2 Å². The van der Waals surface area contributed by atoms with Crippen molar-refractivity contribution in [2.45, 2.75) is 38.0 Å². The van der Waals surface area contributed by atoms with Crippen LogP contribution in [0.25, 0.3) is 0 Å². The number of aliphatic carboxylic acids is 1. The standard InChI is InChI=1S/C18H24N2O3/c21-17(22)15-8-11-20(12-9-15)18(23)19-10-7-14-6-5-13-3-1-2-4-16(13)14/h1-4,14-15H,5-12H2,(H,19,23)(H,21,22). The quantitative estimate of drug-likeness (QED) is 0.897. The zero-order valence-electron chi connectivity index (χ0n) is 13.3. The average Bonchev–Trinajstić information content (AvgIpc) is 2.98. The molecule has 1 unspecified atom stereocenters. The van der Waals surface area contributed by atoms with Gasteiger partial charge in [-0.2, -0.15) is 0 Å². The lowest BCUT2D eigenvalue weighted by molar-refractivity contribution is -0.143. The van der Waals surface area contributed by atoms with Crippen LogP contribution in [0.5, 0.6) is 0 Å². The molecule has 0 radical (unpaired) electrons. The van der Waals surface area contributed by atoms with Crippen LogP contribution in [0.4, 0.5) is 4.79 Å². The van der Waals surface area contributed by atoms with Crippen molar-refractivity contribution in [3.05, 3.63) is 35.4 Å². The Kier molecular flexibility index (Phi) is 4.84. The summed E-state index contributed by atoms with van der Waals surface area (Å²) in [5.41, 5.74) is 2.88. The van der Waals surface area contributed by atoms with Crippen LogP contribution >= 0.6 is 0 Å². The maximum Gasteiger partial charge on any atom is 0.317 e. The van der Waals surface area contributed by atoms with Crippen molar-refractivity contribution in [1.29, 1.82) is 0 Å². The van der Waals surface area contributed by atoms with Crippen LogP contribution < -0.4 is 5.32 Å². The molecule has 1 aromatic rings. The average molecular weight is 316 g/mol. The minimum absolute atomic E-state index is 0.0554. The minimum atomic E-state index is -0.745. The largest absolute Gasteiger partial charge is 0.481 e. The molecule has 0 spiro atoms. The number of nitrogens with one attached hydrogen (secondary N) is 1.